The number of nitrogens with zero attached hydrogens (tertiary/aromatic N) is 1. The van der Waals surface area contributed by atoms with Gasteiger partial charge in [0.15, 0.2) is 0 Å². The van der Waals surface area contributed by atoms with E-state index in [1.165, 1.54) is 17.7 Å². The van der Waals surface area contributed by atoms with Crippen molar-refractivity contribution < 1.29 is 0 Å². The second kappa shape index (κ2) is 5.46. The third-order valence-corrected chi connectivity index (χ3v) is 3.29. The molecule has 1 atom stereocenters. The Bertz CT molecular complexity index is 318. The average Bonchev–Trinajstić information content (AvgIpc) is 2.30. The number of nitrogens with one attached hydrogen (secondary N) is 1. The van der Waals surface area contributed by atoms with E-state index < -0.39 is 0 Å². The lowest BCUT2D eigenvalue weighted by molar-refractivity contribution is 0.199. The molecule has 2 heteroatoms. The van der Waals surface area contributed by atoms with Gasteiger partial charge >= 0.3 is 0 Å². The van der Waals surface area contributed by atoms with Gasteiger partial charge in [-0.05, 0) is 24.5 Å². The van der Waals surface area contributed by atoms with Crippen molar-refractivity contribution >= 4 is 0 Å². The number of benzene rings is 1. The van der Waals surface area contributed by atoms with Gasteiger partial charge in [-0.25, -0.2) is 0 Å². The van der Waals surface area contributed by atoms with Crippen molar-refractivity contribution in [1.82, 2.24) is 10.2 Å². The van der Waals surface area contributed by atoms with Crippen LogP contribution >= 0.6 is 0 Å². The van der Waals surface area contributed by atoms with Crippen molar-refractivity contribution in [2.75, 3.05) is 19.6 Å². The summed E-state index contributed by atoms with van der Waals surface area (Å²) in [7, 11) is 0. The Labute approximate surface area is 98.7 Å². The van der Waals surface area contributed by atoms with Crippen LogP contribution in [0.15, 0.2) is 24.3 Å². The lowest BCUT2D eigenvalue weighted by Gasteiger charge is -2.31. The predicted molar refractivity (Wildman–Crippen MR) is 68.6 cm³/mol. The SMILES string of the molecule is CCc1ccc(CN2CCNC(C)C2)cc1. The summed E-state index contributed by atoms with van der Waals surface area (Å²) in [4.78, 5) is 2.53. The molecule has 0 aromatic heterocycles. The van der Waals surface area contributed by atoms with Crippen LogP contribution in [0.25, 0.3) is 0 Å². The lowest BCUT2D eigenvalue weighted by Crippen LogP contribution is -2.48. The third-order valence-electron chi connectivity index (χ3n) is 3.29. The van der Waals surface area contributed by atoms with Gasteiger partial charge in [0.25, 0.3) is 0 Å². The van der Waals surface area contributed by atoms with E-state index >= 15 is 0 Å². The molecule has 0 amide bonds. The molecule has 1 aromatic carbocycles. The zero-order valence-electron chi connectivity index (χ0n) is 10.4. The monoisotopic (exact) mass is 218 g/mol. The van der Waals surface area contributed by atoms with Crippen molar-refractivity contribution in [3.05, 3.63) is 35.4 Å². The van der Waals surface area contributed by atoms with Gasteiger partial charge in [0.1, 0.15) is 0 Å². The maximum Gasteiger partial charge on any atom is 0.0234 e. The molecule has 88 valence electrons. The highest BCUT2D eigenvalue weighted by Gasteiger charge is 2.15. The van der Waals surface area contributed by atoms with Gasteiger partial charge in [-0.2, -0.15) is 0 Å². The second-order valence-corrected chi connectivity index (χ2v) is 4.76. The first-order valence-corrected chi connectivity index (χ1v) is 6.31. The molecule has 1 heterocycles. The minimum absolute atomic E-state index is 0.628. The van der Waals surface area contributed by atoms with Crippen molar-refractivity contribution in [1.29, 1.82) is 0 Å². The molecule has 1 aliphatic heterocycles. The molecule has 0 radical (unpaired) electrons. The van der Waals surface area contributed by atoms with E-state index in [2.05, 4.69) is 48.3 Å². The first-order chi connectivity index (χ1) is 7.78. The molecule has 0 aliphatic carbocycles. The maximum atomic E-state index is 3.47. The highest BCUT2D eigenvalue weighted by Crippen LogP contribution is 2.09. The lowest BCUT2D eigenvalue weighted by atomic mass is 10.1. The molecule has 0 bridgehead atoms. The van der Waals surface area contributed by atoms with Gasteiger partial charge in [0.05, 0.1) is 0 Å². The van der Waals surface area contributed by atoms with E-state index in [-0.39, 0.29) is 0 Å². The fourth-order valence-electron chi connectivity index (χ4n) is 2.29. The van der Waals surface area contributed by atoms with E-state index in [9.17, 15) is 0 Å². The standard InChI is InChI=1S/C14H22N2/c1-3-13-4-6-14(7-5-13)11-16-9-8-15-12(2)10-16/h4-7,12,15H,3,8-11H2,1-2H3. The number of hydrogen-bond acceptors (Lipinski definition) is 2. The van der Waals surface area contributed by atoms with Crippen LogP contribution < -0.4 is 5.32 Å². The van der Waals surface area contributed by atoms with Crippen molar-refractivity contribution in [2.24, 2.45) is 0 Å². The van der Waals surface area contributed by atoms with Gasteiger partial charge in [0, 0.05) is 32.2 Å². The molecule has 1 saturated heterocycles. The van der Waals surface area contributed by atoms with Crippen LogP contribution in [0.3, 0.4) is 0 Å². The molecule has 1 aromatic rings. The van der Waals surface area contributed by atoms with Crippen molar-refractivity contribution in [3.8, 4) is 0 Å². The van der Waals surface area contributed by atoms with Gasteiger partial charge in [-0.3, -0.25) is 4.90 Å². The molecule has 0 spiro atoms. The second-order valence-electron chi connectivity index (χ2n) is 4.76. The van der Waals surface area contributed by atoms with E-state index in [0.717, 1.165) is 26.1 Å². The highest BCUT2D eigenvalue weighted by molar-refractivity contribution is 5.22. The summed E-state index contributed by atoms with van der Waals surface area (Å²) in [6.45, 7) is 9.00. The molecule has 0 saturated carbocycles. The quantitative estimate of drug-likeness (QED) is 0.835. The summed E-state index contributed by atoms with van der Waals surface area (Å²) in [6, 6.07) is 9.67. The molecule has 1 fully saturated rings. The zero-order chi connectivity index (χ0) is 11.4. The number of aryl methyl sites for hydroxylation is 1. The predicted octanol–water partition coefficient (Wildman–Crippen LogP) is 2.04. The van der Waals surface area contributed by atoms with Crippen LogP contribution in [0.2, 0.25) is 0 Å². The van der Waals surface area contributed by atoms with E-state index in [1.807, 2.05) is 0 Å². The van der Waals surface area contributed by atoms with Gasteiger partial charge < -0.3 is 5.32 Å². The maximum absolute atomic E-state index is 3.47. The molecule has 1 unspecified atom stereocenters. The molecule has 1 N–H and O–H groups in total. The zero-order valence-corrected chi connectivity index (χ0v) is 10.4. The summed E-state index contributed by atoms with van der Waals surface area (Å²) < 4.78 is 0. The number of hydrogen-bond donors (Lipinski definition) is 1. The molecule has 2 rings (SSSR count). The minimum atomic E-state index is 0.628. The van der Waals surface area contributed by atoms with Crippen LogP contribution in [-0.4, -0.2) is 30.6 Å². The van der Waals surface area contributed by atoms with Gasteiger partial charge in [-0.1, -0.05) is 31.2 Å². The Hall–Kier alpha value is -0.860. The summed E-state index contributed by atoms with van der Waals surface area (Å²) >= 11 is 0. The Morgan fingerprint density at radius 2 is 1.94 bits per heavy atom. The van der Waals surface area contributed by atoms with E-state index in [1.54, 1.807) is 0 Å². The Kier molecular flexibility index (Phi) is 3.97. The molecular formula is C14H22N2. The number of piperazine rings is 1. The normalized spacial score (nSPS) is 22.2. The Balaban J connectivity index is 1.92. The highest BCUT2D eigenvalue weighted by atomic mass is 15.2. The van der Waals surface area contributed by atoms with Crippen LogP contribution in [0.4, 0.5) is 0 Å². The van der Waals surface area contributed by atoms with Crippen LogP contribution in [0, 0.1) is 0 Å². The summed E-state index contributed by atoms with van der Waals surface area (Å²) in [5.74, 6) is 0. The Morgan fingerprint density at radius 1 is 1.25 bits per heavy atom. The first-order valence-electron chi connectivity index (χ1n) is 6.31. The van der Waals surface area contributed by atoms with Crippen LogP contribution in [0.5, 0.6) is 0 Å². The Morgan fingerprint density at radius 3 is 2.56 bits per heavy atom. The first kappa shape index (κ1) is 11.6. The van der Waals surface area contributed by atoms with E-state index in [0.29, 0.717) is 6.04 Å². The summed E-state index contributed by atoms with van der Waals surface area (Å²) in [5, 5.41) is 3.47. The fourth-order valence-corrected chi connectivity index (χ4v) is 2.29. The summed E-state index contributed by atoms with van der Waals surface area (Å²) in [5.41, 5.74) is 2.86. The van der Waals surface area contributed by atoms with Gasteiger partial charge in [-0.15, -0.1) is 0 Å². The van der Waals surface area contributed by atoms with E-state index in [4.69, 9.17) is 0 Å². The largest absolute Gasteiger partial charge is 0.312 e. The van der Waals surface area contributed by atoms with Crippen LogP contribution in [-0.2, 0) is 13.0 Å². The fraction of sp³-hybridized carbons (Fsp3) is 0.571. The van der Waals surface area contributed by atoms with Crippen molar-refractivity contribution in [2.45, 2.75) is 32.9 Å². The smallest absolute Gasteiger partial charge is 0.0234 e. The average molecular weight is 218 g/mol. The molecule has 2 nitrogen and oxygen atoms in total. The molecule has 1 aliphatic rings. The van der Waals surface area contributed by atoms with Crippen LogP contribution in [0.1, 0.15) is 25.0 Å². The molecule has 16 heavy (non-hydrogen) atoms. The summed E-state index contributed by atoms with van der Waals surface area (Å²) in [6.07, 6.45) is 1.13. The minimum Gasteiger partial charge on any atom is -0.312 e. The topological polar surface area (TPSA) is 15.3 Å². The molecular weight excluding hydrogens is 196 g/mol. The van der Waals surface area contributed by atoms with Gasteiger partial charge in [0.2, 0.25) is 0 Å². The van der Waals surface area contributed by atoms with Crippen molar-refractivity contribution in [3.63, 3.8) is 0 Å². The third kappa shape index (κ3) is 3.06. The number of rotatable bonds is 3.